The highest BCUT2D eigenvalue weighted by atomic mass is 32.2. The van der Waals surface area contributed by atoms with E-state index in [1.165, 1.54) is 4.83 Å². The Labute approximate surface area is 65.1 Å². The summed E-state index contributed by atoms with van der Waals surface area (Å²) in [7, 11) is -6.59. The number of amides is 2. The molecule has 0 aliphatic rings. The number of hydrogen-bond donors (Lipinski definition) is 4. The van der Waals surface area contributed by atoms with Gasteiger partial charge in [0.15, 0.2) is 0 Å². The molecule has 0 aromatic carbocycles. The first-order chi connectivity index (χ1) is 4.95. The Balaban J connectivity index is 4.49. The molecule has 0 spiro atoms. The van der Waals surface area contributed by atoms with Crippen LogP contribution in [-0.2, 0) is 21.8 Å². The predicted molar refractivity (Wildman–Crippen MR) is 35.2 cm³/mol. The number of rotatable bonds is 3. The summed E-state index contributed by atoms with van der Waals surface area (Å²) in [5.41, 5.74) is 4.46. The van der Waals surface area contributed by atoms with Crippen LogP contribution in [-0.4, -0.2) is 27.3 Å². The number of nitrogens with one attached hydrogen (secondary N) is 1. The monoisotopic (exact) mass is 203 g/mol. The quantitative estimate of drug-likeness (QED) is 0.286. The van der Waals surface area contributed by atoms with Crippen LogP contribution in [0, 0.1) is 0 Å². The lowest BCUT2D eigenvalue weighted by atomic mass is 11.2. The lowest BCUT2D eigenvalue weighted by molar-refractivity contribution is 0.229. The molecule has 0 radical (unpaired) electrons. The second kappa shape index (κ2) is 4.10. The van der Waals surface area contributed by atoms with E-state index in [0.29, 0.717) is 0 Å². The second-order valence-corrected chi connectivity index (χ2v) is 2.83. The second-order valence-electron chi connectivity index (χ2n) is 1.24. The van der Waals surface area contributed by atoms with Crippen molar-refractivity contribution in [3.8, 4) is 0 Å². The van der Waals surface area contributed by atoms with E-state index in [2.05, 4.69) is 5.73 Å². The van der Waals surface area contributed by atoms with Crippen LogP contribution in [0.5, 0.6) is 0 Å². The fourth-order valence-corrected chi connectivity index (χ4v) is 1.17. The molecule has 0 aliphatic heterocycles. The van der Waals surface area contributed by atoms with E-state index in [1.807, 2.05) is 0 Å². The van der Waals surface area contributed by atoms with Gasteiger partial charge in [0.1, 0.15) is 0 Å². The van der Waals surface area contributed by atoms with Crippen LogP contribution in [0.25, 0.3) is 0 Å². The normalized spacial score (nSPS) is 10.4. The highest BCUT2D eigenvalue weighted by molar-refractivity contribution is 7.73. The maximum Gasteiger partial charge on any atom is 0.344 e. The number of hydrogen-bond acceptors (Lipinski definition) is 5. The highest BCUT2D eigenvalue weighted by Gasteiger charge is 2.11. The maximum atomic E-state index is 10.1. The zero-order chi connectivity index (χ0) is 9.02. The van der Waals surface area contributed by atoms with Gasteiger partial charge in [-0.15, -0.1) is 9.25 Å². The van der Waals surface area contributed by atoms with Gasteiger partial charge >= 0.3 is 6.03 Å². The molecule has 66 valence electrons. The zero-order valence-electron chi connectivity index (χ0n) is 4.96. The molecular weight excluding hydrogens is 198 g/mol. The van der Waals surface area contributed by atoms with Crippen LogP contribution in [0.3, 0.4) is 0 Å². The molecule has 0 rings (SSSR count). The number of carbonyl (C=O) groups excluding carboxylic acids is 1. The molecule has 0 heterocycles. The standard InChI is InChI=1S/CH5N3O5S2/c2-1(5)4(11(8)9)3-10(6)7/h10-11H,(H2,2,5)(H,3,6,7). The molecule has 0 saturated heterocycles. The van der Waals surface area contributed by atoms with Crippen LogP contribution >= 0.6 is 0 Å². The fraction of sp³-hybridized carbons (Fsp3) is 0. The van der Waals surface area contributed by atoms with Crippen LogP contribution in [0.2, 0.25) is 0 Å². The minimum Gasteiger partial charge on any atom is -0.349 e. The Morgan fingerprint density at radius 1 is 1.27 bits per heavy atom. The molecule has 0 aromatic rings. The zero-order valence-corrected chi connectivity index (χ0v) is 6.75. The smallest absolute Gasteiger partial charge is 0.344 e. The van der Waals surface area contributed by atoms with Gasteiger partial charge in [-0.05, 0) is 0 Å². The van der Waals surface area contributed by atoms with E-state index >= 15 is 0 Å². The van der Waals surface area contributed by atoms with Gasteiger partial charge in [-0.25, -0.2) is 21.6 Å². The summed E-state index contributed by atoms with van der Waals surface area (Å²) in [5, 5.41) is 0. The molecule has 8 nitrogen and oxygen atoms in total. The fourth-order valence-electron chi connectivity index (χ4n) is 0.244. The molecule has 0 aliphatic carbocycles. The molecule has 10 heteroatoms. The summed E-state index contributed by atoms with van der Waals surface area (Å²) in [4.78, 5) is 11.4. The SMILES string of the molecule is NC(=O)N(N[SH](=O)=O)[SH](=O)=O. The largest absolute Gasteiger partial charge is 0.349 e. The Morgan fingerprint density at radius 3 is 1.82 bits per heavy atom. The van der Waals surface area contributed by atoms with Gasteiger partial charge in [-0.3, -0.25) is 0 Å². The van der Waals surface area contributed by atoms with Gasteiger partial charge in [0.2, 0.25) is 21.8 Å². The van der Waals surface area contributed by atoms with Gasteiger partial charge in [-0.1, -0.05) is 0 Å². The number of carbonyl (C=O) groups is 1. The number of thiol groups is 2. The van der Waals surface area contributed by atoms with Gasteiger partial charge in [0.25, 0.3) is 0 Å². The minimum atomic E-state index is -3.37. The molecule has 0 bridgehead atoms. The highest BCUT2D eigenvalue weighted by Crippen LogP contribution is 1.79. The van der Waals surface area contributed by atoms with Crippen molar-refractivity contribution in [2.75, 3.05) is 0 Å². The average molecular weight is 203 g/mol. The maximum absolute atomic E-state index is 10.1. The molecule has 0 atom stereocenters. The van der Waals surface area contributed by atoms with Crippen molar-refractivity contribution >= 4 is 27.8 Å². The third-order valence-corrected chi connectivity index (χ3v) is 1.69. The summed E-state index contributed by atoms with van der Waals surface area (Å²) in [6.07, 6.45) is 0. The molecular formula is CH5N3O5S2. The van der Waals surface area contributed by atoms with Crippen LogP contribution < -0.4 is 10.6 Å². The van der Waals surface area contributed by atoms with Crippen molar-refractivity contribution in [1.82, 2.24) is 9.25 Å². The molecule has 0 fully saturated rings. The van der Waals surface area contributed by atoms with Crippen LogP contribution in [0.15, 0.2) is 0 Å². The first kappa shape index (κ1) is 10.1. The van der Waals surface area contributed by atoms with E-state index < -0.39 is 27.8 Å². The lowest BCUT2D eigenvalue weighted by Crippen LogP contribution is -2.43. The first-order valence-corrected chi connectivity index (χ1v) is 4.40. The van der Waals surface area contributed by atoms with E-state index in [9.17, 15) is 21.6 Å². The number of urea groups is 1. The van der Waals surface area contributed by atoms with Crippen molar-refractivity contribution in [3.63, 3.8) is 0 Å². The summed E-state index contributed by atoms with van der Waals surface area (Å²) in [5.74, 6) is 0. The van der Waals surface area contributed by atoms with Crippen molar-refractivity contribution in [3.05, 3.63) is 0 Å². The van der Waals surface area contributed by atoms with Crippen molar-refractivity contribution in [2.24, 2.45) is 5.73 Å². The molecule has 2 amide bonds. The third kappa shape index (κ3) is 3.75. The van der Waals surface area contributed by atoms with E-state index in [0.717, 1.165) is 0 Å². The van der Waals surface area contributed by atoms with Crippen molar-refractivity contribution in [2.45, 2.75) is 0 Å². The summed E-state index contributed by atoms with van der Waals surface area (Å²) < 4.78 is 39.5. The van der Waals surface area contributed by atoms with E-state index in [1.54, 1.807) is 0 Å². The number of hydrazine groups is 1. The van der Waals surface area contributed by atoms with Gasteiger partial charge in [-0.2, -0.15) is 0 Å². The first-order valence-electron chi connectivity index (χ1n) is 2.09. The Kier molecular flexibility index (Phi) is 3.78. The number of nitrogens with two attached hydrogens (primary N) is 1. The van der Waals surface area contributed by atoms with Gasteiger partial charge < -0.3 is 5.73 Å². The summed E-state index contributed by atoms with van der Waals surface area (Å²) >= 11 is 0. The van der Waals surface area contributed by atoms with Gasteiger partial charge in [0, 0.05) is 0 Å². The van der Waals surface area contributed by atoms with E-state index in [4.69, 9.17) is 0 Å². The van der Waals surface area contributed by atoms with Crippen LogP contribution in [0.4, 0.5) is 4.79 Å². The average Bonchev–Trinajstić information content (AvgIpc) is 1.81. The minimum absolute atomic E-state index is 0.221. The predicted octanol–water partition coefficient (Wildman–Crippen LogP) is -3.08. The Bertz CT molecular complexity index is 274. The topological polar surface area (TPSA) is 127 Å². The van der Waals surface area contributed by atoms with Gasteiger partial charge in [0.05, 0.1) is 0 Å². The Hall–Kier alpha value is -0.870. The molecule has 3 N–H and O–H groups in total. The van der Waals surface area contributed by atoms with E-state index in [-0.39, 0.29) is 4.41 Å². The summed E-state index contributed by atoms with van der Waals surface area (Å²) in [6.45, 7) is 0. The molecule has 0 unspecified atom stereocenters. The molecule has 11 heavy (non-hydrogen) atoms. The van der Waals surface area contributed by atoms with Crippen molar-refractivity contribution < 1.29 is 21.6 Å². The number of nitrogens with zero attached hydrogens (tertiary/aromatic N) is 1. The molecule has 0 aromatic heterocycles. The Morgan fingerprint density at radius 2 is 1.73 bits per heavy atom. The van der Waals surface area contributed by atoms with Crippen LogP contribution in [0.1, 0.15) is 0 Å². The molecule has 0 saturated carbocycles. The summed E-state index contributed by atoms with van der Waals surface area (Å²) in [6, 6.07) is -1.42. The van der Waals surface area contributed by atoms with Crippen molar-refractivity contribution in [1.29, 1.82) is 0 Å². The lowest BCUT2D eigenvalue weighted by Gasteiger charge is -2.07. The number of primary amides is 1. The third-order valence-electron chi connectivity index (χ3n) is 0.548.